The van der Waals surface area contributed by atoms with Gasteiger partial charge in [0.05, 0.1) is 5.25 Å². The highest BCUT2D eigenvalue weighted by atomic mass is 32.2. The van der Waals surface area contributed by atoms with E-state index in [1.54, 1.807) is 13.8 Å². The summed E-state index contributed by atoms with van der Waals surface area (Å²) in [6, 6.07) is 8.58. The van der Waals surface area contributed by atoms with E-state index in [1.165, 1.54) is 18.3 Å². The van der Waals surface area contributed by atoms with Crippen LogP contribution >= 0.6 is 0 Å². The fourth-order valence-electron chi connectivity index (χ4n) is 1.91. The fourth-order valence-corrected chi connectivity index (χ4v) is 2.55. The molecular weight excluding hydrogens is 326 g/mol. The number of aromatic nitrogens is 1. The summed E-state index contributed by atoms with van der Waals surface area (Å²) in [5.74, 6) is -0.206. The summed E-state index contributed by atoms with van der Waals surface area (Å²) in [5, 5.41) is 2.20. The minimum Gasteiger partial charge on any atom is -0.322 e. The van der Waals surface area contributed by atoms with E-state index in [1.807, 2.05) is 32.0 Å². The molecule has 0 aliphatic heterocycles. The van der Waals surface area contributed by atoms with Gasteiger partial charge in [-0.1, -0.05) is 6.07 Å². The van der Waals surface area contributed by atoms with Crippen molar-refractivity contribution in [2.24, 2.45) is 0 Å². The van der Waals surface area contributed by atoms with Gasteiger partial charge in [0, 0.05) is 17.4 Å². The van der Waals surface area contributed by atoms with Crippen LogP contribution in [0.4, 0.5) is 11.5 Å². The van der Waals surface area contributed by atoms with Crippen molar-refractivity contribution in [1.82, 2.24) is 4.98 Å². The molecule has 0 atom stereocenters. The Hall–Kier alpha value is -2.41. The van der Waals surface area contributed by atoms with Crippen LogP contribution in [0.25, 0.3) is 0 Å². The second-order valence-electron chi connectivity index (χ2n) is 5.88. The molecule has 1 aromatic carbocycles. The maximum Gasteiger partial charge on any atom is 0.255 e. The summed E-state index contributed by atoms with van der Waals surface area (Å²) in [7, 11) is -3.51. The van der Waals surface area contributed by atoms with Gasteiger partial charge in [-0.3, -0.25) is 9.52 Å². The molecule has 0 aliphatic rings. The first-order chi connectivity index (χ1) is 11.2. The first-order valence-corrected chi connectivity index (χ1v) is 9.10. The number of nitrogens with one attached hydrogen (secondary N) is 2. The molecule has 0 saturated carbocycles. The first-order valence-electron chi connectivity index (χ1n) is 7.55. The third kappa shape index (κ3) is 4.32. The van der Waals surface area contributed by atoms with Gasteiger partial charge in [-0.2, -0.15) is 0 Å². The number of amides is 1. The number of rotatable bonds is 5. The lowest BCUT2D eigenvalue weighted by Crippen LogP contribution is -2.23. The number of nitrogens with zero attached hydrogens (tertiary/aromatic N) is 1. The van der Waals surface area contributed by atoms with Crippen LogP contribution in [0, 0.1) is 13.8 Å². The number of anilines is 2. The van der Waals surface area contributed by atoms with Crippen molar-refractivity contribution in [2.45, 2.75) is 32.9 Å². The van der Waals surface area contributed by atoms with Crippen molar-refractivity contribution < 1.29 is 13.2 Å². The minimum atomic E-state index is -3.51. The molecule has 128 valence electrons. The lowest BCUT2D eigenvalue weighted by Gasteiger charge is -2.11. The molecule has 0 spiro atoms. The van der Waals surface area contributed by atoms with E-state index in [-0.39, 0.29) is 11.7 Å². The molecule has 0 aliphatic carbocycles. The first kappa shape index (κ1) is 17.9. The van der Waals surface area contributed by atoms with Gasteiger partial charge in [-0.15, -0.1) is 0 Å². The highest BCUT2D eigenvalue weighted by Crippen LogP contribution is 2.16. The number of sulfonamides is 1. The molecule has 24 heavy (non-hydrogen) atoms. The van der Waals surface area contributed by atoms with Crippen LogP contribution in [0.3, 0.4) is 0 Å². The van der Waals surface area contributed by atoms with E-state index in [9.17, 15) is 13.2 Å². The number of hydrogen-bond donors (Lipinski definition) is 2. The summed E-state index contributed by atoms with van der Waals surface area (Å²) >= 11 is 0. The van der Waals surface area contributed by atoms with Gasteiger partial charge in [-0.25, -0.2) is 13.4 Å². The van der Waals surface area contributed by atoms with Crippen LogP contribution in [-0.2, 0) is 10.0 Å². The number of carbonyl (C=O) groups is 1. The Morgan fingerprint density at radius 2 is 1.79 bits per heavy atom. The summed E-state index contributed by atoms with van der Waals surface area (Å²) < 4.78 is 26.2. The van der Waals surface area contributed by atoms with Crippen LogP contribution in [0.15, 0.2) is 36.5 Å². The minimum absolute atomic E-state index is 0.122. The molecule has 0 radical (unpaired) electrons. The van der Waals surface area contributed by atoms with E-state index in [0.29, 0.717) is 11.3 Å². The molecule has 0 fully saturated rings. The third-order valence-electron chi connectivity index (χ3n) is 3.65. The molecule has 2 rings (SSSR count). The maximum atomic E-state index is 12.3. The summed E-state index contributed by atoms with van der Waals surface area (Å²) in [5.41, 5.74) is 3.23. The standard InChI is InChI=1S/C17H21N3O3S/c1-11(2)24(22,23)20-16-10-14(7-8-18-16)17(21)19-15-6-5-12(3)13(4)9-15/h5-11H,1-4H3,(H,18,20)(H,19,21). The van der Waals surface area contributed by atoms with Crippen LogP contribution in [0.1, 0.15) is 35.3 Å². The molecule has 1 heterocycles. The van der Waals surface area contributed by atoms with Crippen LogP contribution in [0.2, 0.25) is 0 Å². The van der Waals surface area contributed by atoms with E-state index in [0.717, 1.165) is 11.1 Å². The molecule has 1 aromatic heterocycles. The summed E-state index contributed by atoms with van der Waals surface area (Å²) in [4.78, 5) is 16.3. The van der Waals surface area contributed by atoms with Crippen molar-refractivity contribution in [1.29, 1.82) is 0 Å². The third-order valence-corrected chi connectivity index (χ3v) is 5.39. The molecule has 2 aromatic rings. The lowest BCUT2D eigenvalue weighted by atomic mass is 10.1. The number of benzene rings is 1. The SMILES string of the molecule is Cc1ccc(NC(=O)c2ccnc(NS(=O)(=O)C(C)C)c2)cc1C. The summed E-state index contributed by atoms with van der Waals surface area (Å²) in [6.07, 6.45) is 1.40. The number of aryl methyl sites for hydroxylation is 2. The molecular formula is C17H21N3O3S. The van der Waals surface area contributed by atoms with Gasteiger partial charge < -0.3 is 5.32 Å². The number of hydrogen-bond acceptors (Lipinski definition) is 4. The molecule has 2 N–H and O–H groups in total. The Balaban J connectivity index is 2.18. The monoisotopic (exact) mass is 347 g/mol. The fraction of sp³-hybridized carbons (Fsp3) is 0.294. The highest BCUT2D eigenvalue weighted by Gasteiger charge is 2.17. The van der Waals surface area contributed by atoms with Gasteiger partial charge >= 0.3 is 0 Å². The van der Waals surface area contributed by atoms with Crippen LogP contribution in [-0.4, -0.2) is 24.6 Å². The molecule has 0 saturated heterocycles. The molecule has 1 amide bonds. The molecule has 6 nitrogen and oxygen atoms in total. The van der Waals surface area contributed by atoms with Gasteiger partial charge in [-0.05, 0) is 63.1 Å². The van der Waals surface area contributed by atoms with Crippen LogP contribution < -0.4 is 10.0 Å². The predicted octanol–water partition coefficient (Wildman–Crippen LogP) is 3.10. The Morgan fingerprint density at radius 1 is 1.08 bits per heavy atom. The Kier molecular flexibility index (Phi) is 5.23. The molecule has 7 heteroatoms. The zero-order chi connectivity index (χ0) is 17.9. The summed E-state index contributed by atoms with van der Waals surface area (Å²) in [6.45, 7) is 7.10. The normalized spacial score (nSPS) is 11.4. The van der Waals surface area contributed by atoms with Gasteiger partial charge in [0.1, 0.15) is 5.82 Å². The maximum absolute atomic E-state index is 12.3. The predicted molar refractivity (Wildman–Crippen MR) is 95.8 cm³/mol. The van der Waals surface area contributed by atoms with Crippen molar-refractivity contribution in [3.05, 3.63) is 53.2 Å². The van der Waals surface area contributed by atoms with E-state index in [2.05, 4.69) is 15.0 Å². The average Bonchev–Trinajstić information content (AvgIpc) is 2.50. The number of pyridine rings is 1. The molecule has 0 unspecified atom stereocenters. The van der Waals surface area contributed by atoms with E-state index < -0.39 is 15.3 Å². The largest absolute Gasteiger partial charge is 0.322 e. The van der Waals surface area contributed by atoms with Crippen molar-refractivity contribution in [3.63, 3.8) is 0 Å². The topological polar surface area (TPSA) is 88.2 Å². The second kappa shape index (κ2) is 7.00. The van der Waals surface area contributed by atoms with Crippen molar-refractivity contribution in [2.75, 3.05) is 10.0 Å². The lowest BCUT2D eigenvalue weighted by molar-refractivity contribution is 0.102. The molecule has 0 bridgehead atoms. The zero-order valence-corrected chi connectivity index (χ0v) is 14.9. The second-order valence-corrected chi connectivity index (χ2v) is 8.12. The van der Waals surface area contributed by atoms with Gasteiger partial charge in [0.25, 0.3) is 5.91 Å². The Labute approximate surface area is 142 Å². The number of carbonyl (C=O) groups excluding carboxylic acids is 1. The smallest absolute Gasteiger partial charge is 0.255 e. The average molecular weight is 347 g/mol. The zero-order valence-electron chi connectivity index (χ0n) is 14.1. The van der Waals surface area contributed by atoms with Crippen molar-refractivity contribution >= 4 is 27.4 Å². The Bertz CT molecular complexity index is 861. The quantitative estimate of drug-likeness (QED) is 0.870. The van der Waals surface area contributed by atoms with Crippen molar-refractivity contribution in [3.8, 4) is 0 Å². The van der Waals surface area contributed by atoms with E-state index in [4.69, 9.17) is 0 Å². The van der Waals surface area contributed by atoms with Gasteiger partial charge in [0.2, 0.25) is 10.0 Å². The highest BCUT2D eigenvalue weighted by molar-refractivity contribution is 7.93. The van der Waals surface area contributed by atoms with Gasteiger partial charge in [0.15, 0.2) is 0 Å². The van der Waals surface area contributed by atoms with Crippen LogP contribution in [0.5, 0.6) is 0 Å². The Morgan fingerprint density at radius 3 is 2.42 bits per heavy atom. The van der Waals surface area contributed by atoms with E-state index >= 15 is 0 Å².